The van der Waals surface area contributed by atoms with Gasteiger partial charge >= 0.3 is 0 Å². The third-order valence-electron chi connectivity index (χ3n) is 1.82. The van der Waals surface area contributed by atoms with Gasteiger partial charge in [-0.3, -0.25) is 0 Å². The quantitative estimate of drug-likeness (QED) is 0.445. The summed E-state index contributed by atoms with van der Waals surface area (Å²) in [7, 11) is 0. The van der Waals surface area contributed by atoms with Crippen LogP contribution in [0.4, 0.5) is 5.69 Å². The lowest BCUT2D eigenvalue weighted by atomic mass is 10.2. The van der Waals surface area contributed by atoms with Crippen LogP contribution in [0.2, 0.25) is 0 Å². The maximum Gasteiger partial charge on any atom is 0.193 e. The minimum atomic E-state index is 0.0474. The molecule has 0 fully saturated rings. The normalized spacial score (nSPS) is 12.9. The minimum absolute atomic E-state index is 0.0474. The highest BCUT2D eigenvalue weighted by molar-refractivity contribution is 5.92. The van der Waals surface area contributed by atoms with E-state index in [1.807, 2.05) is 37.3 Å². The van der Waals surface area contributed by atoms with Crippen LogP contribution >= 0.6 is 0 Å². The van der Waals surface area contributed by atoms with Gasteiger partial charge in [-0.2, -0.15) is 0 Å². The number of rotatable bonds is 3. The van der Waals surface area contributed by atoms with Gasteiger partial charge in [0.2, 0.25) is 0 Å². The van der Waals surface area contributed by atoms with Gasteiger partial charge in [0.25, 0.3) is 0 Å². The van der Waals surface area contributed by atoms with Crippen LogP contribution in [0, 0.1) is 12.3 Å². The van der Waals surface area contributed by atoms with Crippen molar-refractivity contribution in [3.05, 3.63) is 30.3 Å². The Morgan fingerprint density at radius 2 is 2.20 bits per heavy atom. The predicted molar refractivity (Wildman–Crippen MR) is 64.6 cm³/mol. The maximum atomic E-state index is 5.71. The monoisotopic (exact) mass is 201 g/mol. The van der Waals surface area contributed by atoms with E-state index >= 15 is 0 Å². The molecule has 3 heteroatoms. The molecule has 0 spiro atoms. The molecule has 0 bridgehead atoms. The van der Waals surface area contributed by atoms with Crippen LogP contribution in [0.25, 0.3) is 0 Å². The fourth-order valence-electron chi connectivity index (χ4n) is 1.16. The molecule has 0 aliphatic heterocycles. The standard InChI is InChI=1S/C12H15N3/c1-3-7-10(2)14-12(13)15-11-8-5-4-6-9-11/h1,4-6,8-10H,7H2,2H3,(H3,13,14,15). The predicted octanol–water partition coefficient (Wildman–Crippen LogP) is 1.83. The molecule has 1 rings (SSSR count). The molecule has 3 nitrogen and oxygen atoms in total. The lowest BCUT2D eigenvalue weighted by molar-refractivity contribution is 0.771. The van der Waals surface area contributed by atoms with Crippen molar-refractivity contribution in [1.82, 2.24) is 0 Å². The van der Waals surface area contributed by atoms with Gasteiger partial charge in [-0.25, -0.2) is 4.99 Å². The van der Waals surface area contributed by atoms with Crippen molar-refractivity contribution in [2.45, 2.75) is 19.4 Å². The van der Waals surface area contributed by atoms with E-state index in [9.17, 15) is 0 Å². The van der Waals surface area contributed by atoms with Crippen LogP contribution in [-0.2, 0) is 0 Å². The van der Waals surface area contributed by atoms with Crippen LogP contribution in [0.15, 0.2) is 35.3 Å². The molecule has 0 aliphatic carbocycles. The minimum Gasteiger partial charge on any atom is -0.370 e. The number of guanidine groups is 1. The topological polar surface area (TPSA) is 50.4 Å². The van der Waals surface area contributed by atoms with Gasteiger partial charge in [-0.15, -0.1) is 12.3 Å². The summed E-state index contributed by atoms with van der Waals surface area (Å²) in [4.78, 5) is 4.20. The second-order valence-electron chi connectivity index (χ2n) is 3.26. The van der Waals surface area contributed by atoms with Crippen LogP contribution in [0.5, 0.6) is 0 Å². The SMILES string of the molecule is C#CCC(C)N=C(N)Nc1ccccc1. The summed E-state index contributed by atoms with van der Waals surface area (Å²) in [5.41, 5.74) is 6.63. The third-order valence-corrected chi connectivity index (χ3v) is 1.82. The van der Waals surface area contributed by atoms with Crippen molar-refractivity contribution in [3.8, 4) is 12.3 Å². The molecule has 3 N–H and O–H groups in total. The molecule has 1 aromatic rings. The Morgan fingerprint density at radius 1 is 1.53 bits per heavy atom. The van der Waals surface area contributed by atoms with Gasteiger partial charge in [0.05, 0.1) is 6.04 Å². The van der Waals surface area contributed by atoms with Crippen molar-refractivity contribution in [3.63, 3.8) is 0 Å². The molecule has 0 saturated heterocycles. The van der Waals surface area contributed by atoms with Crippen LogP contribution in [-0.4, -0.2) is 12.0 Å². The van der Waals surface area contributed by atoms with Crippen molar-refractivity contribution in [1.29, 1.82) is 0 Å². The number of benzene rings is 1. The fraction of sp³-hybridized carbons (Fsp3) is 0.250. The number of para-hydroxylation sites is 1. The van der Waals surface area contributed by atoms with E-state index in [-0.39, 0.29) is 6.04 Å². The Bertz CT molecular complexity index is 362. The fourth-order valence-corrected chi connectivity index (χ4v) is 1.16. The van der Waals surface area contributed by atoms with Gasteiger partial charge in [-0.1, -0.05) is 18.2 Å². The molecule has 15 heavy (non-hydrogen) atoms. The molecule has 78 valence electrons. The Balaban J connectivity index is 2.56. The summed E-state index contributed by atoms with van der Waals surface area (Å²) >= 11 is 0. The lowest BCUT2D eigenvalue weighted by Crippen LogP contribution is -2.24. The van der Waals surface area contributed by atoms with Crippen LogP contribution in [0.1, 0.15) is 13.3 Å². The molecule has 0 aliphatic rings. The van der Waals surface area contributed by atoms with E-state index in [2.05, 4.69) is 16.2 Å². The summed E-state index contributed by atoms with van der Waals surface area (Å²) < 4.78 is 0. The highest BCUT2D eigenvalue weighted by atomic mass is 15.1. The van der Waals surface area contributed by atoms with E-state index in [0.717, 1.165) is 5.69 Å². The molecule has 1 atom stereocenters. The van der Waals surface area contributed by atoms with Gasteiger partial charge in [0.1, 0.15) is 0 Å². The number of nitrogens with zero attached hydrogens (tertiary/aromatic N) is 1. The molecule has 1 aromatic carbocycles. The summed E-state index contributed by atoms with van der Waals surface area (Å²) in [6.45, 7) is 1.93. The Labute approximate surface area is 90.4 Å². The first-order valence-corrected chi connectivity index (χ1v) is 4.81. The molecule has 1 unspecified atom stereocenters. The first-order chi connectivity index (χ1) is 7.22. The molecule has 0 radical (unpaired) electrons. The van der Waals surface area contributed by atoms with E-state index in [4.69, 9.17) is 12.2 Å². The van der Waals surface area contributed by atoms with Crippen molar-refractivity contribution >= 4 is 11.6 Å². The van der Waals surface area contributed by atoms with Gasteiger partial charge in [0.15, 0.2) is 5.96 Å². The van der Waals surface area contributed by atoms with E-state index in [1.54, 1.807) is 0 Å². The van der Waals surface area contributed by atoms with Crippen molar-refractivity contribution in [2.24, 2.45) is 10.7 Å². The van der Waals surface area contributed by atoms with E-state index in [1.165, 1.54) is 0 Å². The second kappa shape index (κ2) is 5.71. The molecule has 0 saturated carbocycles. The average molecular weight is 201 g/mol. The second-order valence-corrected chi connectivity index (χ2v) is 3.26. The summed E-state index contributed by atoms with van der Waals surface area (Å²) in [6, 6.07) is 9.70. The summed E-state index contributed by atoms with van der Waals surface area (Å²) in [5, 5.41) is 2.99. The number of aliphatic imine (C=N–C) groups is 1. The number of anilines is 1. The maximum absolute atomic E-state index is 5.71. The van der Waals surface area contributed by atoms with Crippen LogP contribution in [0.3, 0.4) is 0 Å². The molecule has 0 amide bonds. The van der Waals surface area contributed by atoms with Crippen LogP contribution < -0.4 is 11.1 Å². The number of nitrogens with one attached hydrogen (secondary N) is 1. The number of hydrogen-bond acceptors (Lipinski definition) is 1. The Morgan fingerprint density at radius 3 is 2.80 bits per heavy atom. The average Bonchev–Trinajstić information content (AvgIpc) is 2.19. The first-order valence-electron chi connectivity index (χ1n) is 4.81. The molecule has 0 heterocycles. The van der Waals surface area contributed by atoms with E-state index < -0.39 is 0 Å². The zero-order chi connectivity index (χ0) is 11.1. The number of hydrogen-bond donors (Lipinski definition) is 2. The van der Waals surface area contributed by atoms with Crippen molar-refractivity contribution < 1.29 is 0 Å². The first kappa shape index (κ1) is 11.1. The summed E-state index contributed by atoms with van der Waals surface area (Å²) in [6.07, 6.45) is 5.77. The highest BCUT2D eigenvalue weighted by Crippen LogP contribution is 2.04. The zero-order valence-corrected chi connectivity index (χ0v) is 8.77. The van der Waals surface area contributed by atoms with Crippen molar-refractivity contribution in [2.75, 3.05) is 5.32 Å². The van der Waals surface area contributed by atoms with Gasteiger partial charge < -0.3 is 11.1 Å². The van der Waals surface area contributed by atoms with E-state index in [0.29, 0.717) is 12.4 Å². The van der Waals surface area contributed by atoms with Gasteiger partial charge in [0, 0.05) is 12.1 Å². The van der Waals surface area contributed by atoms with Gasteiger partial charge in [-0.05, 0) is 19.1 Å². The molecule has 0 aromatic heterocycles. The zero-order valence-electron chi connectivity index (χ0n) is 8.77. The smallest absolute Gasteiger partial charge is 0.193 e. The summed E-state index contributed by atoms with van der Waals surface area (Å²) in [5.74, 6) is 2.94. The lowest BCUT2D eigenvalue weighted by Gasteiger charge is -2.07. The third kappa shape index (κ3) is 4.19. The highest BCUT2D eigenvalue weighted by Gasteiger charge is 1.98. The number of nitrogens with two attached hydrogens (primary N) is 1. The number of terminal acetylenes is 1. The molecular formula is C12H15N3. The Kier molecular flexibility index (Phi) is 4.24. The Hall–Kier alpha value is -1.95. The largest absolute Gasteiger partial charge is 0.370 e. The molecular weight excluding hydrogens is 186 g/mol.